The lowest BCUT2D eigenvalue weighted by Gasteiger charge is -2.36. The Kier molecular flexibility index (Phi) is 6.66. The second-order valence-electron chi connectivity index (χ2n) is 8.04. The molecule has 0 unspecified atom stereocenters. The van der Waals surface area contributed by atoms with E-state index in [4.69, 9.17) is 0 Å². The van der Waals surface area contributed by atoms with E-state index >= 15 is 0 Å². The summed E-state index contributed by atoms with van der Waals surface area (Å²) in [5, 5.41) is 7.27. The molecule has 0 radical (unpaired) electrons. The molecule has 0 saturated carbocycles. The Morgan fingerprint density at radius 2 is 1.47 bits per heavy atom. The van der Waals surface area contributed by atoms with E-state index in [1.165, 1.54) is 5.69 Å². The van der Waals surface area contributed by atoms with Crippen molar-refractivity contribution in [1.29, 1.82) is 0 Å². The van der Waals surface area contributed by atoms with E-state index in [0.717, 1.165) is 38.4 Å². The Labute approximate surface area is 188 Å². The van der Waals surface area contributed by atoms with Crippen LogP contribution in [0.1, 0.15) is 21.7 Å². The number of anilines is 1. The van der Waals surface area contributed by atoms with Crippen molar-refractivity contribution in [1.82, 2.24) is 20.0 Å². The summed E-state index contributed by atoms with van der Waals surface area (Å²) in [6.07, 6.45) is 0. The van der Waals surface area contributed by atoms with Crippen LogP contribution in [0, 0.1) is 13.8 Å². The van der Waals surface area contributed by atoms with Gasteiger partial charge in [-0.15, -0.1) is 0 Å². The summed E-state index contributed by atoms with van der Waals surface area (Å²) in [6.45, 7) is 8.52. The molecule has 32 heavy (non-hydrogen) atoms. The smallest absolute Gasteiger partial charge is 0.292 e. The fraction of sp³-hybridized carbons (Fsp3) is 0.320. The lowest BCUT2D eigenvalue weighted by atomic mass is 10.1. The highest BCUT2D eigenvalue weighted by Gasteiger charge is 2.25. The average molecular weight is 432 g/mol. The van der Waals surface area contributed by atoms with Crippen LogP contribution in [0.3, 0.4) is 0 Å². The fourth-order valence-corrected chi connectivity index (χ4v) is 4.18. The number of benzene rings is 2. The van der Waals surface area contributed by atoms with Crippen molar-refractivity contribution >= 4 is 17.4 Å². The van der Waals surface area contributed by atoms with Gasteiger partial charge in [0.2, 0.25) is 0 Å². The minimum atomic E-state index is -0.577. The molecule has 0 bridgehead atoms. The van der Waals surface area contributed by atoms with E-state index in [0.29, 0.717) is 23.5 Å². The molecule has 3 aromatic rings. The number of nitrogens with one attached hydrogen (secondary N) is 1. The van der Waals surface area contributed by atoms with Gasteiger partial charge in [-0.3, -0.25) is 14.5 Å². The molecule has 1 aromatic heterocycles. The monoisotopic (exact) mass is 431 g/mol. The summed E-state index contributed by atoms with van der Waals surface area (Å²) < 4.78 is 1.71. The Morgan fingerprint density at radius 1 is 0.875 bits per heavy atom. The summed E-state index contributed by atoms with van der Waals surface area (Å²) in [7, 11) is 0. The maximum Gasteiger partial charge on any atom is 0.292 e. The third kappa shape index (κ3) is 4.73. The number of carbonyl (C=O) groups is 2. The maximum absolute atomic E-state index is 12.8. The molecule has 1 aliphatic rings. The van der Waals surface area contributed by atoms with E-state index in [1.807, 2.05) is 43.3 Å². The molecule has 166 valence electrons. The minimum Gasteiger partial charge on any atom is -0.369 e. The molecule has 7 nitrogen and oxygen atoms in total. The van der Waals surface area contributed by atoms with Gasteiger partial charge in [0.1, 0.15) is 0 Å². The first kappa shape index (κ1) is 21.8. The predicted octanol–water partition coefficient (Wildman–Crippen LogP) is 2.61. The number of hydrogen-bond donors (Lipinski definition) is 1. The number of carbonyl (C=O) groups excluding carboxylic acids is 2. The molecule has 1 aliphatic heterocycles. The quantitative estimate of drug-likeness (QED) is 0.460. The zero-order valence-electron chi connectivity index (χ0n) is 18.6. The van der Waals surface area contributed by atoms with Gasteiger partial charge < -0.3 is 10.2 Å². The average Bonchev–Trinajstić information content (AvgIpc) is 3.13. The zero-order valence-corrected chi connectivity index (χ0v) is 18.6. The van der Waals surface area contributed by atoms with E-state index in [-0.39, 0.29) is 0 Å². The number of aromatic nitrogens is 2. The van der Waals surface area contributed by atoms with Crippen molar-refractivity contribution in [2.24, 2.45) is 0 Å². The zero-order chi connectivity index (χ0) is 22.5. The number of hydrogen-bond acceptors (Lipinski definition) is 5. The number of amides is 1. The Morgan fingerprint density at radius 3 is 2.09 bits per heavy atom. The molecule has 0 aliphatic carbocycles. The Balaban J connectivity index is 1.29. The highest BCUT2D eigenvalue weighted by atomic mass is 16.2. The molecule has 2 heterocycles. The number of nitrogens with zero attached hydrogens (tertiary/aromatic N) is 4. The summed E-state index contributed by atoms with van der Waals surface area (Å²) >= 11 is 0. The largest absolute Gasteiger partial charge is 0.369 e. The molecule has 0 spiro atoms. The van der Waals surface area contributed by atoms with E-state index in [2.05, 4.69) is 44.5 Å². The van der Waals surface area contributed by atoms with E-state index in [1.54, 1.807) is 11.6 Å². The lowest BCUT2D eigenvalue weighted by Crippen LogP contribution is -2.48. The molecule has 0 atom stereocenters. The van der Waals surface area contributed by atoms with Crippen LogP contribution in [0.2, 0.25) is 0 Å². The second-order valence-corrected chi connectivity index (χ2v) is 8.04. The van der Waals surface area contributed by atoms with Crippen LogP contribution < -0.4 is 10.2 Å². The van der Waals surface area contributed by atoms with Crippen molar-refractivity contribution in [3.05, 3.63) is 77.6 Å². The molecule has 7 heteroatoms. The summed E-state index contributed by atoms with van der Waals surface area (Å²) in [5.74, 6) is -1.11. The van der Waals surface area contributed by atoms with Gasteiger partial charge in [0.05, 0.1) is 22.6 Å². The molecular weight excluding hydrogens is 402 g/mol. The van der Waals surface area contributed by atoms with Crippen LogP contribution >= 0.6 is 0 Å². The topological polar surface area (TPSA) is 70.5 Å². The maximum atomic E-state index is 12.8. The van der Waals surface area contributed by atoms with Crippen molar-refractivity contribution < 1.29 is 9.59 Å². The number of Topliss-reactive ketones (excluding diaryl/α,β-unsaturated/α-hetero) is 1. The van der Waals surface area contributed by atoms with Crippen LogP contribution in [0.4, 0.5) is 5.69 Å². The van der Waals surface area contributed by atoms with Crippen LogP contribution in [0.25, 0.3) is 5.69 Å². The Hall–Kier alpha value is -3.45. The SMILES string of the molecule is Cc1nn(-c2ccccc2)c(C)c1C(=O)C(=O)NCCN1CCN(c2ccccc2)CC1. The molecule has 1 saturated heterocycles. The lowest BCUT2D eigenvalue weighted by molar-refractivity contribution is -0.117. The van der Waals surface area contributed by atoms with Gasteiger partial charge in [0, 0.05) is 45.0 Å². The molecule has 2 aromatic carbocycles. The third-order valence-corrected chi connectivity index (χ3v) is 5.93. The van der Waals surface area contributed by atoms with Gasteiger partial charge in [-0.1, -0.05) is 36.4 Å². The van der Waals surface area contributed by atoms with Gasteiger partial charge in [-0.2, -0.15) is 5.10 Å². The highest BCUT2D eigenvalue weighted by Crippen LogP contribution is 2.18. The first-order chi connectivity index (χ1) is 15.5. The third-order valence-electron chi connectivity index (χ3n) is 5.93. The predicted molar refractivity (Wildman–Crippen MR) is 125 cm³/mol. The van der Waals surface area contributed by atoms with Crippen molar-refractivity contribution in [3.63, 3.8) is 0 Å². The standard InChI is InChI=1S/C25H29N5O2/c1-19-23(20(2)30(27-19)22-11-7-4-8-12-22)24(31)25(32)26-13-14-28-15-17-29(18-16-28)21-9-5-3-6-10-21/h3-12H,13-18H2,1-2H3,(H,26,32). The number of rotatable bonds is 7. The van der Waals surface area contributed by atoms with Crippen LogP contribution in [0.15, 0.2) is 60.7 Å². The fourth-order valence-electron chi connectivity index (χ4n) is 4.18. The van der Waals surface area contributed by atoms with Crippen LogP contribution in [-0.4, -0.2) is 65.6 Å². The molecule has 1 N–H and O–H groups in total. The second kappa shape index (κ2) is 9.78. The van der Waals surface area contributed by atoms with Gasteiger partial charge in [0.25, 0.3) is 11.7 Å². The van der Waals surface area contributed by atoms with Gasteiger partial charge in [0.15, 0.2) is 0 Å². The number of piperazine rings is 1. The van der Waals surface area contributed by atoms with Crippen molar-refractivity contribution in [2.45, 2.75) is 13.8 Å². The first-order valence-corrected chi connectivity index (χ1v) is 11.0. The number of ketones is 1. The van der Waals surface area contributed by atoms with Crippen molar-refractivity contribution in [3.8, 4) is 5.69 Å². The van der Waals surface area contributed by atoms with E-state index < -0.39 is 11.7 Å². The number of para-hydroxylation sites is 2. The molecule has 4 rings (SSSR count). The summed E-state index contributed by atoms with van der Waals surface area (Å²) in [4.78, 5) is 30.1. The van der Waals surface area contributed by atoms with E-state index in [9.17, 15) is 9.59 Å². The summed E-state index contributed by atoms with van der Waals surface area (Å²) in [6, 6.07) is 20.0. The highest BCUT2D eigenvalue weighted by molar-refractivity contribution is 6.43. The minimum absolute atomic E-state index is 0.378. The molecule has 1 fully saturated rings. The van der Waals surface area contributed by atoms with Crippen LogP contribution in [-0.2, 0) is 4.79 Å². The summed E-state index contributed by atoms with van der Waals surface area (Å²) in [5.41, 5.74) is 3.72. The normalized spacial score (nSPS) is 14.4. The first-order valence-electron chi connectivity index (χ1n) is 11.0. The molecule has 1 amide bonds. The molecular formula is C25H29N5O2. The Bertz CT molecular complexity index is 1070. The van der Waals surface area contributed by atoms with Crippen LogP contribution in [0.5, 0.6) is 0 Å². The van der Waals surface area contributed by atoms with Crippen molar-refractivity contribution in [2.75, 3.05) is 44.2 Å². The van der Waals surface area contributed by atoms with Gasteiger partial charge in [-0.25, -0.2) is 4.68 Å². The van der Waals surface area contributed by atoms with Gasteiger partial charge in [-0.05, 0) is 38.1 Å². The number of aryl methyl sites for hydroxylation is 1. The van der Waals surface area contributed by atoms with Gasteiger partial charge >= 0.3 is 0 Å².